The van der Waals surface area contributed by atoms with E-state index in [1.165, 1.54) is 30.4 Å². The summed E-state index contributed by atoms with van der Waals surface area (Å²) in [5, 5.41) is 20.2. The molecule has 160 valence electrons. The summed E-state index contributed by atoms with van der Waals surface area (Å²) in [7, 11) is 3.30. The predicted octanol–water partition coefficient (Wildman–Crippen LogP) is 5.74. The Kier molecular flexibility index (Phi) is 9.49. The Morgan fingerprint density at radius 3 is 1.38 bits per heavy atom. The molecule has 4 nitrogen and oxygen atoms in total. The molecule has 0 aliphatic heterocycles. The maximum Gasteiger partial charge on any atom is 0.124 e. The van der Waals surface area contributed by atoms with E-state index in [1.54, 1.807) is 14.2 Å². The minimum Gasteiger partial charge on any atom is -0.507 e. The summed E-state index contributed by atoms with van der Waals surface area (Å²) in [5.41, 5.74) is 6.15. The highest BCUT2D eigenvalue weighted by Crippen LogP contribution is 2.27. The summed E-state index contributed by atoms with van der Waals surface area (Å²) in [6.45, 7) is 4.79. The average molecular weight is 401 g/mol. The average Bonchev–Trinajstić information content (AvgIpc) is 2.69. The van der Waals surface area contributed by atoms with Gasteiger partial charge in [0.2, 0.25) is 0 Å². The zero-order valence-corrected chi connectivity index (χ0v) is 18.4. The van der Waals surface area contributed by atoms with Crippen LogP contribution in [0, 0.1) is 13.8 Å². The van der Waals surface area contributed by atoms with Crippen LogP contribution in [0.1, 0.15) is 65.5 Å². The molecule has 0 atom stereocenters. The van der Waals surface area contributed by atoms with Crippen molar-refractivity contribution in [3.63, 3.8) is 0 Å². The number of aromatic hydroxyl groups is 2. The van der Waals surface area contributed by atoms with Crippen LogP contribution in [0.2, 0.25) is 0 Å². The number of unbranched alkanes of at least 4 members (excludes halogenated alkanes) is 4. The predicted molar refractivity (Wildman–Crippen MR) is 118 cm³/mol. The van der Waals surface area contributed by atoms with Crippen LogP contribution in [0.5, 0.6) is 11.5 Å². The third-order valence-corrected chi connectivity index (χ3v) is 5.41. The van der Waals surface area contributed by atoms with E-state index >= 15 is 0 Å². The number of rotatable bonds is 12. The van der Waals surface area contributed by atoms with Gasteiger partial charge in [-0.3, -0.25) is 0 Å². The van der Waals surface area contributed by atoms with Gasteiger partial charge < -0.3 is 19.7 Å². The van der Waals surface area contributed by atoms with Crippen LogP contribution in [0.4, 0.5) is 0 Å². The Balaban J connectivity index is 1.72. The lowest BCUT2D eigenvalue weighted by Gasteiger charge is -2.11. The van der Waals surface area contributed by atoms with Crippen molar-refractivity contribution in [3.05, 3.63) is 57.6 Å². The van der Waals surface area contributed by atoms with E-state index < -0.39 is 0 Å². The summed E-state index contributed by atoms with van der Waals surface area (Å²) >= 11 is 0. The van der Waals surface area contributed by atoms with E-state index in [0.717, 1.165) is 47.9 Å². The number of hydrogen-bond acceptors (Lipinski definition) is 4. The summed E-state index contributed by atoms with van der Waals surface area (Å²) in [6.07, 6.45) is 8.04. The molecule has 29 heavy (non-hydrogen) atoms. The fraction of sp³-hybridized carbons (Fsp3) is 0.520. The van der Waals surface area contributed by atoms with Crippen LogP contribution in [0.25, 0.3) is 0 Å². The van der Waals surface area contributed by atoms with Crippen LogP contribution >= 0.6 is 0 Å². The molecule has 0 unspecified atom stereocenters. The van der Waals surface area contributed by atoms with E-state index in [2.05, 4.69) is 24.3 Å². The Hall–Kier alpha value is -2.04. The number of benzene rings is 2. The van der Waals surface area contributed by atoms with Crippen molar-refractivity contribution in [2.75, 3.05) is 14.2 Å². The quantitative estimate of drug-likeness (QED) is 0.446. The molecule has 0 aromatic heterocycles. The van der Waals surface area contributed by atoms with Gasteiger partial charge >= 0.3 is 0 Å². The van der Waals surface area contributed by atoms with Crippen LogP contribution in [0.15, 0.2) is 24.3 Å². The molecule has 0 bridgehead atoms. The first-order valence-corrected chi connectivity index (χ1v) is 10.6. The number of ether oxygens (including phenoxy) is 2. The van der Waals surface area contributed by atoms with Gasteiger partial charge in [0, 0.05) is 25.3 Å². The molecule has 2 aromatic carbocycles. The van der Waals surface area contributed by atoms with Gasteiger partial charge in [0.05, 0.1) is 13.2 Å². The maximum absolute atomic E-state index is 10.1. The monoisotopic (exact) mass is 400 g/mol. The second-order valence-electron chi connectivity index (χ2n) is 7.97. The van der Waals surface area contributed by atoms with E-state index in [-0.39, 0.29) is 0 Å². The Bertz CT molecular complexity index is 717. The lowest BCUT2D eigenvalue weighted by Crippen LogP contribution is -1.96. The Morgan fingerprint density at radius 1 is 0.621 bits per heavy atom. The molecule has 0 radical (unpaired) electrons. The van der Waals surface area contributed by atoms with Crippen molar-refractivity contribution in [1.29, 1.82) is 0 Å². The zero-order valence-electron chi connectivity index (χ0n) is 18.4. The highest BCUT2D eigenvalue weighted by Gasteiger charge is 2.08. The number of phenols is 2. The van der Waals surface area contributed by atoms with Gasteiger partial charge in [-0.2, -0.15) is 0 Å². The summed E-state index contributed by atoms with van der Waals surface area (Å²) in [4.78, 5) is 0. The van der Waals surface area contributed by atoms with E-state index in [4.69, 9.17) is 9.47 Å². The largest absolute Gasteiger partial charge is 0.507 e. The molecule has 2 aromatic rings. The molecule has 0 amide bonds. The maximum atomic E-state index is 10.1. The molecule has 0 fully saturated rings. The van der Waals surface area contributed by atoms with E-state index in [9.17, 15) is 10.2 Å². The van der Waals surface area contributed by atoms with Crippen molar-refractivity contribution in [2.24, 2.45) is 0 Å². The molecular formula is C25H36O4. The summed E-state index contributed by atoms with van der Waals surface area (Å²) < 4.78 is 10.4. The number of methoxy groups -OCH3 is 2. The van der Waals surface area contributed by atoms with Crippen molar-refractivity contribution in [1.82, 2.24) is 0 Å². The Morgan fingerprint density at radius 2 is 1.00 bits per heavy atom. The first-order chi connectivity index (χ1) is 14.0. The minimum atomic E-state index is 0.355. The van der Waals surface area contributed by atoms with Crippen LogP contribution in [-0.4, -0.2) is 24.4 Å². The van der Waals surface area contributed by atoms with Crippen molar-refractivity contribution >= 4 is 0 Å². The van der Waals surface area contributed by atoms with Gasteiger partial charge in [-0.15, -0.1) is 0 Å². The summed E-state index contributed by atoms with van der Waals surface area (Å²) in [6, 6.07) is 8.30. The standard InChI is InChI=1S/C25H36O4/c1-18-12-20(14-22(16-28-3)24(18)26)10-8-6-5-7-9-11-21-13-19(2)25(27)23(15-21)17-29-4/h12-15,26-27H,5-11,16-17H2,1-4H3. The fourth-order valence-electron chi connectivity index (χ4n) is 3.88. The molecule has 0 saturated heterocycles. The normalized spacial score (nSPS) is 11.2. The van der Waals surface area contributed by atoms with Crippen LogP contribution in [-0.2, 0) is 35.5 Å². The number of hydrogen-bond donors (Lipinski definition) is 2. The SMILES string of the molecule is COCc1cc(CCCCCCCc2cc(C)c(O)c(COC)c2)cc(C)c1O. The molecule has 0 aliphatic rings. The molecular weight excluding hydrogens is 364 g/mol. The van der Waals surface area contributed by atoms with Crippen molar-refractivity contribution in [3.8, 4) is 11.5 Å². The topological polar surface area (TPSA) is 58.9 Å². The molecule has 2 rings (SSSR count). The van der Waals surface area contributed by atoms with Crippen LogP contribution in [0.3, 0.4) is 0 Å². The molecule has 0 heterocycles. The molecule has 0 saturated carbocycles. The van der Waals surface area contributed by atoms with Gasteiger partial charge in [-0.1, -0.05) is 31.4 Å². The summed E-state index contributed by atoms with van der Waals surface area (Å²) in [5.74, 6) is 0.711. The fourth-order valence-corrected chi connectivity index (χ4v) is 3.88. The van der Waals surface area contributed by atoms with Crippen molar-refractivity contribution in [2.45, 2.75) is 72.0 Å². The molecule has 2 N–H and O–H groups in total. The molecule has 0 aliphatic carbocycles. The zero-order chi connectivity index (χ0) is 21.2. The number of aryl methyl sites for hydroxylation is 4. The van der Waals surface area contributed by atoms with Crippen molar-refractivity contribution < 1.29 is 19.7 Å². The first kappa shape index (κ1) is 23.2. The lowest BCUT2D eigenvalue weighted by atomic mass is 9.98. The molecule has 0 spiro atoms. The van der Waals surface area contributed by atoms with Gasteiger partial charge in [-0.25, -0.2) is 0 Å². The highest BCUT2D eigenvalue weighted by atomic mass is 16.5. The highest BCUT2D eigenvalue weighted by molar-refractivity contribution is 5.43. The van der Waals surface area contributed by atoms with Gasteiger partial charge in [-0.05, 0) is 73.9 Å². The third-order valence-electron chi connectivity index (χ3n) is 5.41. The second kappa shape index (κ2) is 11.8. The smallest absolute Gasteiger partial charge is 0.124 e. The lowest BCUT2D eigenvalue weighted by molar-refractivity contribution is 0.182. The van der Waals surface area contributed by atoms with Gasteiger partial charge in [0.1, 0.15) is 11.5 Å². The third kappa shape index (κ3) is 7.06. The van der Waals surface area contributed by atoms with E-state index in [1.807, 2.05) is 13.8 Å². The van der Waals surface area contributed by atoms with E-state index in [0.29, 0.717) is 24.7 Å². The van der Waals surface area contributed by atoms with Crippen LogP contribution < -0.4 is 0 Å². The second-order valence-corrected chi connectivity index (χ2v) is 7.97. The number of phenolic OH excluding ortho intramolecular Hbond substituents is 2. The minimum absolute atomic E-state index is 0.355. The first-order valence-electron chi connectivity index (χ1n) is 10.6. The van der Waals surface area contributed by atoms with Gasteiger partial charge in [0.25, 0.3) is 0 Å². The molecule has 4 heteroatoms. The Labute approximate surface area is 175 Å². The van der Waals surface area contributed by atoms with Gasteiger partial charge in [0.15, 0.2) is 0 Å².